The van der Waals surface area contributed by atoms with Crippen LogP contribution in [0, 0.1) is 0 Å². The number of nitrogens with zero attached hydrogens (tertiary/aromatic N) is 2. The molecule has 3 heterocycles. The van der Waals surface area contributed by atoms with E-state index in [9.17, 15) is 0 Å². The van der Waals surface area contributed by atoms with Gasteiger partial charge in [0.1, 0.15) is 0 Å². The largest absolute Gasteiger partial charge is 0.448 e. The second-order valence-electron chi connectivity index (χ2n) is 3.59. The number of rotatable bonds is 2. The summed E-state index contributed by atoms with van der Waals surface area (Å²) in [4.78, 5) is 4.24. The molecule has 0 aromatic carbocycles. The molecule has 5 nitrogen and oxygen atoms in total. The van der Waals surface area contributed by atoms with Gasteiger partial charge in [0.05, 0.1) is 11.3 Å². The fourth-order valence-corrected chi connectivity index (χ4v) is 1.98. The molecule has 0 amide bonds. The van der Waals surface area contributed by atoms with Gasteiger partial charge in [-0.2, -0.15) is 0 Å². The van der Waals surface area contributed by atoms with Crippen LogP contribution < -0.4 is 5.73 Å². The molecule has 0 unspecified atom stereocenters. The SMILES string of the molecule is Nc1onc(-c2ccc(Br)o2)c1-c1ccccn1. The molecule has 6 heteroatoms. The molecule has 0 aliphatic rings. The van der Waals surface area contributed by atoms with Crippen LogP contribution in [0.4, 0.5) is 5.88 Å². The van der Waals surface area contributed by atoms with E-state index in [-0.39, 0.29) is 5.88 Å². The third kappa shape index (κ3) is 1.80. The summed E-state index contributed by atoms with van der Waals surface area (Å²) >= 11 is 3.25. The van der Waals surface area contributed by atoms with Gasteiger partial charge in [0, 0.05) is 6.20 Å². The minimum Gasteiger partial charge on any atom is -0.448 e. The van der Waals surface area contributed by atoms with Crippen LogP contribution in [0.3, 0.4) is 0 Å². The van der Waals surface area contributed by atoms with Crippen LogP contribution in [0.2, 0.25) is 0 Å². The average molecular weight is 306 g/mol. The Balaban J connectivity index is 2.18. The number of furan rings is 1. The zero-order chi connectivity index (χ0) is 12.5. The maximum absolute atomic E-state index is 5.79. The van der Waals surface area contributed by atoms with E-state index in [1.807, 2.05) is 18.2 Å². The summed E-state index contributed by atoms with van der Waals surface area (Å²) in [7, 11) is 0. The Morgan fingerprint density at radius 3 is 2.72 bits per heavy atom. The zero-order valence-electron chi connectivity index (χ0n) is 9.13. The van der Waals surface area contributed by atoms with Gasteiger partial charge in [0.15, 0.2) is 16.1 Å². The zero-order valence-corrected chi connectivity index (χ0v) is 10.7. The summed E-state index contributed by atoms with van der Waals surface area (Å²) in [6.45, 7) is 0. The Morgan fingerprint density at radius 2 is 2.06 bits per heavy atom. The van der Waals surface area contributed by atoms with Gasteiger partial charge < -0.3 is 14.7 Å². The van der Waals surface area contributed by atoms with Gasteiger partial charge in [0.25, 0.3) is 0 Å². The quantitative estimate of drug-likeness (QED) is 0.785. The predicted octanol–water partition coefficient (Wildman–Crippen LogP) is 3.34. The van der Waals surface area contributed by atoms with E-state index in [2.05, 4.69) is 26.1 Å². The molecule has 0 saturated carbocycles. The fourth-order valence-electron chi connectivity index (χ4n) is 1.67. The maximum atomic E-state index is 5.79. The number of hydrogen-bond donors (Lipinski definition) is 1. The molecule has 0 saturated heterocycles. The first kappa shape index (κ1) is 11.0. The van der Waals surface area contributed by atoms with Crippen molar-refractivity contribution in [3.63, 3.8) is 0 Å². The number of pyridine rings is 1. The van der Waals surface area contributed by atoms with E-state index < -0.39 is 0 Å². The Kier molecular flexibility index (Phi) is 2.64. The molecule has 0 atom stereocenters. The number of nitrogens with two attached hydrogens (primary N) is 1. The maximum Gasteiger partial charge on any atom is 0.232 e. The highest BCUT2D eigenvalue weighted by Crippen LogP contribution is 2.36. The van der Waals surface area contributed by atoms with Crippen molar-refractivity contribution in [2.24, 2.45) is 0 Å². The number of anilines is 1. The minimum atomic E-state index is 0.219. The second-order valence-corrected chi connectivity index (χ2v) is 4.37. The summed E-state index contributed by atoms with van der Waals surface area (Å²) in [6, 6.07) is 9.10. The monoisotopic (exact) mass is 305 g/mol. The highest BCUT2D eigenvalue weighted by atomic mass is 79.9. The standard InChI is InChI=1S/C12H8BrN3O2/c13-9-5-4-8(17-9)11-10(12(14)18-16-11)7-3-1-2-6-15-7/h1-6H,14H2. The van der Waals surface area contributed by atoms with Crippen molar-refractivity contribution in [1.82, 2.24) is 10.1 Å². The van der Waals surface area contributed by atoms with Crippen molar-refractivity contribution >= 4 is 21.8 Å². The van der Waals surface area contributed by atoms with Gasteiger partial charge in [-0.3, -0.25) is 4.98 Å². The molecule has 0 bridgehead atoms. The van der Waals surface area contributed by atoms with Crippen molar-refractivity contribution in [2.45, 2.75) is 0 Å². The van der Waals surface area contributed by atoms with E-state index in [4.69, 9.17) is 14.7 Å². The predicted molar refractivity (Wildman–Crippen MR) is 69.5 cm³/mol. The van der Waals surface area contributed by atoms with Crippen LogP contribution in [-0.4, -0.2) is 10.1 Å². The molecule has 0 aliphatic carbocycles. The molecule has 0 aliphatic heterocycles. The van der Waals surface area contributed by atoms with Crippen LogP contribution in [0.25, 0.3) is 22.7 Å². The highest BCUT2D eigenvalue weighted by Gasteiger charge is 2.20. The topological polar surface area (TPSA) is 78.1 Å². The first-order valence-electron chi connectivity index (χ1n) is 5.18. The molecular formula is C12H8BrN3O2. The lowest BCUT2D eigenvalue weighted by molar-refractivity contribution is 0.435. The molecule has 0 fully saturated rings. The Morgan fingerprint density at radius 1 is 1.17 bits per heavy atom. The molecule has 90 valence electrons. The molecule has 2 N–H and O–H groups in total. The smallest absolute Gasteiger partial charge is 0.232 e. The van der Waals surface area contributed by atoms with Crippen molar-refractivity contribution in [3.05, 3.63) is 41.2 Å². The van der Waals surface area contributed by atoms with Crippen molar-refractivity contribution < 1.29 is 8.94 Å². The summed E-state index contributed by atoms with van der Waals surface area (Å²) in [5.74, 6) is 0.791. The Bertz CT molecular complexity index is 676. The van der Waals surface area contributed by atoms with Crippen LogP contribution in [-0.2, 0) is 0 Å². The highest BCUT2D eigenvalue weighted by molar-refractivity contribution is 9.10. The molecule has 0 radical (unpaired) electrons. The molecule has 0 spiro atoms. The number of halogens is 1. The van der Waals surface area contributed by atoms with Crippen LogP contribution >= 0.6 is 15.9 Å². The minimum absolute atomic E-state index is 0.219. The van der Waals surface area contributed by atoms with Crippen LogP contribution in [0.15, 0.2) is 50.1 Å². The third-order valence-electron chi connectivity index (χ3n) is 2.45. The van der Waals surface area contributed by atoms with Crippen LogP contribution in [0.5, 0.6) is 0 Å². The number of aromatic nitrogens is 2. The normalized spacial score (nSPS) is 10.7. The first-order valence-corrected chi connectivity index (χ1v) is 5.97. The Labute approximate surface area is 111 Å². The van der Waals surface area contributed by atoms with Gasteiger partial charge in [-0.05, 0) is 40.2 Å². The van der Waals surface area contributed by atoms with Crippen molar-refractivity contribution in [1.29, 1.82) is 0 Å². The summed E-state index contributed by atoms with van der Waals surface area (Å²) < 4.78 is 11.1. The lowest BCUT2D eigenvalue weighted by Gasteiger charge is -1.98. The summed E-state index contributed by atoms with van der Waals surface area (Å²) in [5.41, 5.74) is 7.66. The van der Waals surface area contributed by atoms with E-state index in [0.29, 0.717) is 27.4 Å². The van der Waals surface area contributed by atoms with Gasteiger partial charge in [-0.15, -0.1) is 0 Å². The Hall–Kier alpha value is -2.08. The van der Waals surface area contributed by atoms with Gasteiger partial charge in [-0.25, -0.2) is 0 Å². The number of nitrogen functional groups attached to an aromatic ring is 1. The fraction of sp³-hybridized carbons (Fsp3) is 0. The molecule has 18 heavy (non-hydrogen) atoms. The van der Waals surface area contributed by atoms with Crippen molar-refractivity contribution in [3.8, 4) is 22.7 Å². The molecule has 3 rings (SSSR count). The van der Waals surface area contributed by atoms with Crippen LogP contribution in [0.1, 0.15) is 0 Å². The van der Waals surface area contributed by atoms with Gasteiger partial charge >= 0.3 is 0 Å². The molecule has 3 aromatic rings. The first-order chi connectivity index (χ1) is 8.75. The average Bonchev–Trinajstić information content (AvgIpc) is 2.96. The lowest BCUT2D eigenvalue weighted by Crippen LogP contribution is -1.89. The third-order valence-corrected chi connectivity index (χ3v) is 2.87. The van der Waals surface area contributed by atoms with E-state index in [0.717, 1.165) is 0 Å². The van der Waals surface area contributed by atoms with E-state index in [1.165, 1.54) is 0 Å². The summed E-state index contributed by atoms with van der Waals surface area (Å²) in [6.07, 6.45) is 1.68. The van der Waals surface area contributed by atoms with Gasteiger partial charge in [-0.1, -0.05) is 11.2 Å². The molecule has 3 aromatic heterocycles. The van der Waals surface area contributed by atoms with E-state index >= 15 is 0 Å². The second kappa shape index (κ2) is 4.30. The summed E-state index contributed by atoms with van der Waals surface area (Å²) in [5, 5.41) is 3.92. The lowest BCUT2D eigenvalue weighted by atomic mass is 10.1. The van der Waals surface area contributed by atoms with E-state index in [1.54, 1.807) is 18.3 Å². The number of hydrogen-bond acceptors (Lipinski definition) is 5. The molecular weight excluding hydrogens is 298 g/mol. The van der Waals surface area contributed by atoms with Crippen molar-refractivity contribution in [2.75, 3.05) is 5.73 Å². The van der Waals surface area contributed by atoms with Gasteiger partial charge in [0.2, 0.25) is 5.88 Å².